The van der Waals surface area contributed by atoms with Gasteiger partial charge in [0.25, 0.3) is 0 Å². The SMILES string of the molecule is CCCNC1c2ccccc2CCC1CC(C)CCC. The number of aryl methyl sites for hydroxylation is 1. The van der Waals surface area contributed by atoms with Crippen LogP contribution in [0.15, 0.2) is 24.3 Å². The predicted molar refractivity (Wildman–Crippen MR) is 88.0 cm³/mol. The van der Waals surface area contributed by atoms with E-state index >= 15 is 0 Å². The van der Waals surface area contributed by atoms with Crippen LogP contribution in [-0.4, -0.2) is 6.54 Å². The van der Waals surface area contributed by atoms with Crippen LogP contribution in [0, 0.1) is 11.8 Å². The molecule has 0 aromatic heterocycles. The molecule has 2 rings (SSSR count). The van der Waals surface area contributed by atoms with Crippen LogP contribution >= 0.6 is 0 Å². The second-order valence-electron chi connectivity index (χ2n) is 6.56. The first kappa shape index (κ1) is 15.6. The van der Waals surface area contributed by atoms with Gasteiger partial charge in [0.1, 0.15) is 0 Å². The van der Waals surface area contributed by atoms with Gasteiger partial charge in [0.15, 0.2) is 0 Å². The number of fused-ring (bicyclic) bond motifs is 1. The summed E-state index contributed by atoms with van der Waals surface area (Å²) in [5.41, 5.74) is 3.14. The van der Waals surface area contributed by atoms with Crippen LogP contribution in [0.1, 0.15) is 70.0 Å². The lowest BCUT2D eigenvalue weighted by molar-refractivity contribution is 0.261. The minimum Gasteiger partial charge on any atom is -0.310 e. The van der Waals surface area contributed by atoms with Crippen LogP contribution in [0.5, 0.6) is 0 Å². The van der Waals surface area contributed by atoms with Crippen molar-refractivity contribution in [2.45, 2.75) is 65.3 Å². The van der Waals surface area contributed by atoms with Crippen LogP contribution in [0.4, 0.5) is 0 Å². The van der Waals surface area contributed by atoms with Gasteiger partial charge in [-0.2, -0.15) is 0 Å². The first-order chi connectivity index (χ1) is 9.76. The van der Waals surface area contributed by atoms with Crippen molar-refractivity contribution < 1.29 is 0 Å². The van der Waals surface area contributed by atoms with Gasteiger partial charge in [0.2, 0.25) is 0 Å². The van der Waals surface area contributed by atoms with Crippen molar-refractivity contribution in [3.05, 3.63) is 35.4 Å². The Bertz CT molecular complexity index is 399. The van der Waals surface area contributed by atoms with E-state index in [1.807, 2.05) is 0 Å². The van der Waals surface area contributed by atoms with Crippen molar-refractivity contribution in [2.75, 3.05) is 6.54 Å². The van der Waals surface area contributed by atoms with Crippen LogP contribution in [0.3, 0.4) is 0 Å². The summed E-state index contributed by atoms with van der Waals surface area (Å²) in [4.78, 5) is 0. The average molecular weight is 273 g/mol. The quantitative estimate of drug-likeness (QED) is 0.727. The molecule has 1 aromatic rings. The molecule has 1 aromatic carbocycles. The van der Waals surface area contributed by atoms with Gasteiger partial charge < -0.3 is 5.32 Å². The highest BCUT2D eigenvalue weighted by molar-refractivity contribution is 5.33. The Balaban J connectivity index is 2.11. The second-order valence-corrected chi connectivity index (χ2v) is 6.56. The fraction of sp³-hybridized carbons (Fsp3) is 0.684. The Kier molecular flexibility index (Phi) is 6.09. The lowest BCUT2D eigenvalue weighted by atomic mass is 9.75. The Morgan fingerprint density at radius 1 is 1.20 bits per heavy atom. The summed E-state index contributed by atoms with van der Waals surface area (Å²) < 4.78 is 0. The van der Waals surface area contributed by atoms with Crippen molar-refractivity contribution in [1.82, 2.24) is 5.32 Å². The lowest BCUT2D eigenvalue weighted by Gasteiger charge is -2.36. The highest BCUT2D eigenvalue weighted by Crippen LogP contribution is 2.38. The minimum atomic E-state index is 0.583. The van der Waals surface area contributed by atoms with Crippen molar-refractivity contribution in [3.8, 4) is 0 Å². The van der Waals surface area contributed by atoms with Gasteiger partial charge in [-0.25, -0.2) is 0 Å². The number of rotatable bonds is 7. The zero-order valence-electron chi connectivity index (χ0n) is 13.5. The summed E-state index contributed by atoms with van der Waals surface area (Å²) in [6, 6.07) is 9.65. The number of hydrogen-bond acceptors (Lipinski definition) is 1. The van der Waals surface area contributed by atoms with Crippen LogP contribution in [0.25, 0.3) is 0 Å². The molecule has 0 bridgehead atoms. The maximum absolute atomic E-state index is 3.83. The van der Waals surface area contributed by atoms with Crippen LogP contribution in [-0.2, 0) is 6.42 Å². The third-order valence-corrected chi connectivity index (χ3v) is 4.75. The van der Waals surface area contributed by atoms with Gasteiger partial charge in [-0.3, -0.25) is 0 Å². The standard InChI is InChI=1S/C19H31N/c1-4-8-15(3)14-17-12-11-16-9-6-7-10-18(16)19(17)20-13-5-2/h6-7,9-10,15,17,19-20H,4-5,8,11-14H2,1-3H3. The zero-order chi connectivity index (χ0) is 14.4. The Morgan fingerprint density at radius 3 is 2.75 bits per heavy atom. The van der Waals surface area contributed by atoms with E-state index in [0.717, 1.165) is 18.4 Å². The van der Waals surface area contributed by atoms with Crippen molar-refractivity contribution >= 4 is 0 Å². The minimum absolute atomic E-state index is 0.583. The fourth-order valence-electron chi connectivity index (χ4n) is 3.78. The van der Waals surface area contributed by atoms with Crippen LogP contribution < -0.4 is 5.32 Å². The maximum Gasteiger partial charge on any atom is 0.0351 e. The Morgan fingerprint density at radius 2 is 2.00 bits per heavy atom. The molecule has 0 heterocycles. The zero-order valence-corrected chi connectivity index (χ0v) is 13.5. The fourth-order valence-corrected chi connectivity index (χ4v) is 3.78. The topological polar surface area (TPSA) is 12.0 Å². The third kappa shape index (κ3) is 3.85. The van der Waals surface area contributed by atoms with Gasteiger partial charge in [0.05, 0.1) is 0 Å². The molecule has 0 spiro atoms. The number of hydrogen-bond donors (Lipinski definition) is 1. The van der Waals surface area contributed by atoms with E-state index in [1.54, 1.807) is 11.1 Å². The van der Waals surface area contributed by atoms with Crippen LogP contribution in [0.2, 0.25) is 0 Å². The average Bonchev–Trinajstić information content (AvgIpc) is 2.46. The predicted octanol–water partition coefficient (Wildman–Crippen LogP) is 5.12. The molecule has 1 nitrogen and oxygen atoms in total. The maximum atomic E-state index is 3.83. The summed E-state index contributed by atoms with van der Waals surface area (Å²) in [6.45, 7) is 8.13. The largest absolute Gasteiger partial charge is 0.310 e. The Hall–Kier alpha value is -0.820. The van der Waals surface area contributed by atoms with E-state index in [0.29, 0.717) is 6.04 Å². The lowest BCUT2D eigenvalue weighted by Crippen LogP contribution is -2.33. The van der Waals surface area contributed by atoms with E-state index in [-0.39, 0.29) is 0 Å². The van der Waals surface area contributed by atoms with Gasteiger partial charge in [0, 0.05) is 6.04 Å². The smallest absolute Gasteiger partial charge is 0.0351 e. The number of nitrogens with one attached hydrogen (secondary N) is 1. The molecule has 0 radical (unpaired) electrons. The molecule has 3 unspecified atom stereocenters. The van der Waals surface area contributed by atoms with Crippen molar-refractivity contribution in [2.24, 2.45) is 11.8 Å². The molecule has 1 heteroatoms. The molecular formula is C19H31N. The van der Waals surface area contributed by atoms with Gasteiger partial charge in [-0.15, -0.1) is 0 Å². The molecule has 1 aliphatic rings. The molecule has 0 amide bonds. The summed E-state index contributed by atoms with van der Waals surface area (Å²) in [7, 11) is 0. The first-order valence-electron chi connectivity index (χ1n) is 8.57. The molecule has 20 heavy (non-hydrogen) atoms. The normalized spacial score (nSPS) is 23.4. The monoisotopic (exact) mass is 273 g/mol. The molecule has 0 saturated carbocycles. The molecular weight excluding hydrogens is 242 g/mol. The van der Waals surface area contributed by atoms with E-state index in [9.17, 15) is 0 Å². The Labute approximate surface area is 125 Å². The summed E-state index contributed by atoms with van der Waals surface area (Å²) >= 11 is 0. The summed E-state index contributed by atoms with van der Waals surface area (Å²) in [5, 5.41) is 3.83. The number of benzene rings is 1. The van der Waals surface area contributed by atoms with E-state index in [2.05, 4.69) is 50.4 Å². The van der Waals surface area contributed by atoms with E-state index in [1.165, 1.54) is 38.5 Å². The van der Waals surface area contributed by atoms with Gasteiger partial charge in [-0.1, -0.05) is 57.9 Å². The highest BCUT2D eigenvalue weighted by Gasteiger charge is 2.29. The molecule has 1 N–H and O–H groups in total. The van der Waals surface area contributed by atoms with Crippen molar-refractivity contribution in [3.63, 3.8) is 0 Å². The highest BCUT2D eigenvalue weighted by atomic mass is 14.9. The van der Waals surface area contributed by atoms with Gasteiger partial charge >= 0.3 is 0 Å². The molecule has 112 valence electrons. The van der Waals surface area contributed by atoms with E-state index < -0.39 is 0 Å². The second kappa shape index (κ2) is 7.83. The third-order valence-electron chi connectivity index (χ3n) is 4.75. The van der Waals surface area contributed by atoms with E-state index in [4.69, 9.17) is 0 Å². The van der Waals surface area contributed by atoms with Crippen molar-refractivity contribution in [1.29, 1.82) is 0 Å². The molecule has 0 saturated heterocycles. The van der Waals surface area contributed by atoms with Gasteiger partial charge in [-0.05, 0) is 55.2 Å². The molecule has 0 aliphatic heterocycles. The first-order valence-corrected chi connectivity index (χ1v) is 8.57. The summed E-state index contributed by atoms with van der Waals surface area (Å²) in [6.07, 6.45) is 7.91. The molecule has 3 atom stereocenters. The molecule has 1 aliphatic carbocycles. The molecule has 0 fully saturated rings. The summed E-state index contributed by atoms with van der Waals surface area (Å²) in [5.74, 6) is 1.68.